The quantitative estimate of drug-likeness (QED) is 0.761. The molecule has 0 saturated carbocycles. The van der Waals surface area contributed by atoms with Gasteiger partial charge in [-0.2, -0.15) is 0 Å². The van der Waals surface area contributed by atoms with E-state index in [1.165, 1.54) is 12.1 Å². The Morgan fingerprint density at radius 2 is 1.61 bits per heavy atom. The lowest BCUT2D eigenvalue weighted by atomic mass is 10.2. The number of benzene rings is 2. The number of carbonyl (C=O) groups excluding carboxylic acids is 2. The molecule has 1 N–H and O–H groups in total. The normalized spacial score (nSPS) is 16.5. The summed E-state index contributed by atoms with van der Waals surface area (Å²) in [5, 5.41) is 9.17. The molecule has 0 bridgehead atoms. The average Bonchev–Trinajstić information content (AvgIpc) is 3.19. The number of carboxylic acid groups (broad SMARTS) is 1. The van der Waals surface area contributed by atoms with Crippen molar-refractivity contribution in [3.63, 3.8) is 0 Å². The van der Waals surface area contributed by atoms with Crippen LogP contribution in [0, 0.1) is 0 Å². The maximum absolute atomic E-state index is 12.9. The Hall–Kier alpha value is -3.59. The van der Waals surface area contributed by atoms with Crippen LogP contribution in [0.1, 0.15) is 10.4 Å². The third kappa shape index (κ3) is 4.61. The topological polar surface area (TPSA) is 99.6 Å². The zero-order chi connectivity index (χ0) is 21.8. The number of hydrogen-bond donors (Lipinski definition) is 1. The van der Waals surface area contributed by atoms with Gasteiger partial charge in [0.1, 0.15) is 5.75 Å². The van der Waals surface area contributed by atoms with E-state index in [1.54, 1.807) is 51.1 Å². The Morgan fingerprint density at radius 3 is 2.29 bits per heavy atom. The van der Waals surface area contributed by atoms with Gasteiger partial charge in [0.25, 0.3) is 5.91 Å². The van der Waals surface area contributed by atoms with Gasteiger partial charge in [-0.3, -0.25) is 14.6 Å². The van der Waals surface area contributed by atoms with E-state index in [0.717, 1.165) is 0 Å². The highest BCUT2D eigenvalue weighted by Crippen LogP contribution is 2.27. The van der Waals surface area contributed by atoms with E-state index in [2.05, 4.69) is 0 Å². The van der Waals surface area contributed by atoms with E-state index in [9.17, 15) is 19.5 Å². The van der Waals surface area contributed by atoms with Gasteiger partial charge in [0.15, 0.2) is 6.61 Å². The molecule has 2 heterocycles. The Bertz CT molecular complexity index is 971. The maximum atomic E-state index is 12.9. The van der Waals surface area contributed by atoms with Gasteiger partial charge in [0.05, 0.1) is 18.8 Å². The molecule has 31 heavy (non-hydrogen) atoms. The lowest BCUT2D eigenvalue weighted by molar-refractivity contribution is -0.137. The van der Waals surface area contributed by atoms with Crippen molar-refractivity contribution in [2.24, 2.45) is 0 Å². The number of anilines is 2. The average molecular weight is 425 g/mol. The molecule has 2 fully saturated rings. The van der Waals surface area contributed by atoms with Crippen LogP contribution in [-0.4, -0.2) is 73.9 Å². The van der Waals surface area contributed by atoms with Gasteiger partial charge in [-0.15, -0.1) is 0 Å². The minimum atomic E-state index is -1.03. The number of aromatic carboxylic acids is 1. The van der Waals surface area contributed by atoms with E-state index in [-0.39, 0.29) is 24.1 Å². The maximum Gasteiger partial charge on any atom is 0.335 e. The molecule has 2 saturated heterocycles. The lowest BCUT2D eigenvalue weighted by Crippen LogP contribution is -2.42. The standard InChI is InChI=1S/C22H23N3O6/c26-20(23-10-12-30-13-11-23)15-31-19-6-4-17(5-7-19)24-8-9-25(22(24)29)18-3-1-2-16(14-18)21(27)28/h1-7,14H,8-13,15H2,(H,27,28). The van der Waals surface area contributed by atoms with E-state index in [0.29, 0.717) is 56.5 Å². The summed E-state index contributed by atoms with van der Waals surface area (Å²) >= 11 is 0. The van der Waals surface area contributed by atoms with Crippen LogP contribution in [0.4, 0.5) is 16.2 Å². The molecule has 9 nitrogen and oxygen atoms in total. The molecule has 2 aromatic rings. The summed E-state index contributed by atoms with van der Waals surface area (Å²) in [4.78, 5) is 41.1. The van der Waals surface area contributed by atoms with Gasteiger partial charge >= 0.3 is 12.0 Å². The molecule has 162 valence electrons. The van der Waals surface area contributed by atoms with Gasteiger partial charge < -0.3 is 19.5 Å². The van der Waals surface area contributed by atoms with E-state index < -0.39 is 5.97 Å². The zero-order valence-electron chi connectivity index (χ0n) is 16.9. The predicted octanol–water partition coefficient (Wildman–Crippen LogP) is 2.07. The molecule has 2 aliphatic heterocycles. The van der Waals surface area contributed by atoms with Crippen LogP contribution in [0.5, 0.6) is 5.75 Å². The van der Waals surface area contributed by atoms with Crippen molar-refractivity contribution in [2.45, 2.75) is 0 Å². The Morgan fingerprint density at radius 1 is 0.935 bits per heavy atom. The third-order valence-electron chi connectivity index (χ3n) is 5.29. The summed E-state index contributed by atoms with van der Waals surface area (Å²) in [6, 6.07) is 13.1. The van der Waals surface area contributed by atoms with Crippen LogP contribution in [0.3, 0.4) is 0 Å². The van der Waals surface area contributed by atoms with Gasteiger partial charge in [-0.1, -0.05) is 6.07 Å². The highest BCUT2D eigenvalue weighted by molar-refractivity contribution is 6.06. The van der Waals surface area contributed by atoms with Gasteiger partial charge in [0, 0.05) is 37.6 Å². The first-order valence-electron chi connectivity index (χ1n) is 10.0. The number of urea groups is 1. The molecule has 3 amide bonds. The van der Waals surface area contributed by atoms with Crippen molar-refractivity contribution >= 4 is 29.3 Å². The van der Waals surface area contributed by atoms with Gasteiger partial charge in [-0.25, -0.2) is 9.59 Å². The summed E-state index contributed by atoms with van der Waals surface area (Å²) in [7, 11) is 0. The molecule has 0 atom stereocenters. The fourth-order valence-corrected chi connectivity index (χ4v) is 3.59. The highest BCUT2D eigenvalue weighted by atomic mass is 16.5. The van der Waals surface area contributed by atoms with Crippen LogP contribution in [-0.2, 0) is 9.53 Å². The monoisotopic (exact) mass is 425 g/mol. The second-order valence-electron chi connectivity index (χ2n) is 7.22. The molecule has 2 aliphatic rings. The Balaban J connectivity index is 1.37. The van der Waals surface area contributed by atoms with Crippen molar-refractivity contribution < 1.29 is 29.0 Å². The van der Waals surface area contributed by atoms with Crippen molar-refractivity contribution in [1.82, 2.24) is 4.90 Å². The van der Waals surface area contributed by atoms with E-state index in [1.807, 2.05) is 0 Å². The number of rotatable bonds is 6. The molecule has 4 rings (SSSR count). The smallest absolute Gasteiger partial charge is 0.335 e. The summed E-state index contributed by atoms with van der Waals surface area (Å²) in [6.07, 6.45) is 0. The van der Waals surface area contributed by atoms with E-state index >= 15 is 0 Å². The number of morpholine rings is 1. The first kappa shape index (κ1) is 20.7. The predicted molar refractivity (Wildman–Crippen MR) is 113 cm³/mol. The van der Waals surface area contributed by atoms with Crippen LogP contribution >= 0.6 is 0 Å². The van der Waals surface area contributed by atoms with Gasteiger partial charge in [0.2, 0.25) is 0 Å². The summed E-state index contributed by atoms with van der Waals surface area (Å²) < 4.78 is 10.8. The molecule has 9 heteroatoms. The van der Waals surface area contributed by atoms with Crippen molar-refractivity contribution in [3.8, 4) is 5.75 Å². The molecular weight excluding hydrogens is 402 g/mol. The third-order valence-corrected chi connectivity index (χ3v) is 5.29. The second kappa shape index (κ2) is 9.05. The zero-order valence-corrected chi connectivity index (χ0v) is 16.9. The van der Waals surface area contributed by atoms with E-state index in [4.69, 9.17) is 9.47 Å². The SMILES string of the molecule is O=C(O)c1cccc(N2CCN(c3ccc(OCC(=O)N4CCOCC4)cc3)C2=O)c1. The van der Waals surface area contributed by atoms with Crippen LogP contribution in [0.15, 0.2) is 48.5 Å². The van der Waals surface area contributed by atoms with Crippen molar-refractivity contribution in [1.29, 1.82) is 0 Å². The van der Waals surface area contributed by atoms with Crippen LogP contribution < -0.4 is 14.5 Å². The largest absolute Gasteiger partial charge is 0.484 e. The number of carbonyl (C=O) groups is 3. The molecule has 0 spiro atoms. The van der Waals surface area contributed by atoms with Crippen molar-refractivity contribution in [3.05, 3.63) is 54.1 Å². The molecule has 0 unspecified atom stereocenters. The van der Waals surface area contributed by atoms with Gasteiger partial charge in [-0.05, 0) is 42.5 Å². The highest BCUT2D eigenvalue weighted by Gasteiger charge is 2.31. The fourth-order valence-electron chi connectivity index (χ4n) is 3.59. The first-order chi connectivity index (χ1) is 15.0. The fraction of sp³-hybridized carbons (Fsp3) is 0.318. The number of ether oxygens (including phenoxy) is 2. The molecule has 0 radical (unpaired) electrons. The molecule has 2 aromatic carbocycles. The summed E-state index contributed by atoms with van der Waals surface area (Å²) in [5.41, 5.74) is 1.39. The minimum absolute atomic E-state index is 0.0459. The number of amides is 3. The minimum Gasteiger partial charge on any atom is -0.484 e. The van der Waals surface area contributed by atoms with Crippen LogP contribution in [0.25, 0.3) is 0 Å². The second-order valence-corrected chi connectivity index (χ2v) is 7.22. The number of carboxylic acids is 1. The van der Waals surface area contributed by atoms with Crippen molar-refractivity contribution in [2.75, 3.05) is 55.8 Å². The summed E-state index contributed by atoms with van der Waals surface area (Å²) in [5.74, 6) is -0.572. The summed E-state index contributed by atoms with van der Waals surface area (Å²) in [6.45, 7) is 3.12. The molecular formula is C22H23N3O6. The number of nitrogens with zero attached hydrogens (tertiary/aromatic N) is 3. The lowest BCUT2D eigenvalue weighted by Gasteiger charge is -2.26. The first-order valence-corrected chi connectivity index (χ1v) is 10.0. The van der Waals surface area contributed by atoms with Crippen LogP contribution in [0.2, 0.25) is 0 Å². The Labute approximate surface area is 179 Å². The molecule has 0 aliphatic carbocycles. The number of hydrogen-bond acceptors (Lipinski definition) is 5. The molecule has 0 aromatic heterocycles. The Kier molecular flexibility index (Phi) is 6.03.